The van der Waals surface area contributed by atoms with E-state index in [0.717, 1.165) is 36.0 Å². The van der Waals surface area contributed by atoms with Crippen LogP contribution in [-0.2, 0) is 11.3 Å². The van der Waals surface area contributed by atoms with Crippen molar-refractivity contribution in [1.29, 1.82) is 0 Å². The average molecular weight is 392 g/mol. The van der Waals surface area contributed by atoms with Crippen molar-refractivity contribution in [3.8, 4) is 0 Å². The minimum atomic E-state index is -0.177. The molecule has 1 aromatic carbocycles. The molecule has 0 spiro atoms. The number of ether oxygens (including phenoxy) is 1. The topological polar surface area (TPSA) is 85.2 Å². The number of benzene rings is 1. The highest BCUT2D eigenvalue weighted by Gasteiger charge is 2.26. The predicted molar refractivity (Wildman–Crippen MR) is 110 cm³/mol. The van der Waals surface area contributed by atoms with Crippen LogP contribution in [0.15, 0.2) is 48.9 Å². The first-order chi connectivity index (χ1) is 14.1. The third-order valence-corrected chi connectivity index (χ3v) is 4.98. The minimum Gasteiger partial charge on any atom is -0.366 e. The molecular weight excluding hydrogens is 368 g/mol. The summed E-state index contributed by atoms with van der Waals surface area (Å²) in [6.07, 6.45) is 3.17. The summed E-state index contributed by atoms with van der Waals surface area (Å²) in [6, 6.07) is 11.4. The number of carbonyl (C=O) groups excluding carboxylic acids is 1. The second-order valence-electron chi connectivity index (χ2n) is 7.01. The average Bonchev–Trinajstić information content (AvgIpc) is 3.24. The van der Waals surface area contributed by atoms with Crippen LogP contribution < -0.4 is 10.2 Å². The van der Waals surface area contributed by atoms with E-state index in [1.54, 1.807) is 18.6 Å². The largest absolute Gasteiger partial charge is 0.366 e. The van der Waals surface area contributed by atoms with Gasteiger partial charge in [-0.3, -0.25) is 4.79 Å². The first-order valence-corrected chi connectivity index (χ1v) is 9.72. The van der Waals surface area contributed by atoms with Crippen molar-refractivity contribution in [3.63, 3.8) is 0 Å². The van der Waals surface area contributed by atoms with Gasteiger partial charge in [-0.25, -0.2) is 4.98 Å². The van der Waals surface area contributed by atoms with Gasteiger partial charge in [0.1, 0.15) is 18.2 Å². The van der Waals surface area contributed by atoms with E-state index in [2.05, 4.69) is 32.3 Å². The zero-order chi connectivity index (χ0) is 20.2. The van der Waals surface area contributed by atoms with Gasteiger partial charge in [-0.05, 0) is 38.1 Å². The fraction of sp³-hybridized carbons (Fsp3) is 0.333. The van der Waals surface area contributed by atoms with Gasteiger partial charge in [0.05, 0.1) is 18.7 Å². The van der Waals surface area contributed by atoms with Crippen LogP contribution in [0.1, 0.15) is 34.8 Å². The number of aromatic nitrogens is 4. The maximum absolute atomic E-state index is 12.5. The monoisotopic (exact) mass is 392 g/mol. The molecule has 3 aromatic rings. The van der Waals surface area contributed by atoms with Gasteiger partial charge in [0.2, 0.25) is 0 Å². The molecular formula is C21H24N6O2. The van der Waals surface area contributed by atoms with E-state index in [9.17, 15) is 4.79 Å². The minimum absolute atomic E-state index is 0.155. The number of pyridine rings is 1. The standard InChI is InChI=1S/C21H24N6O2/c1-3-26-14-23-25-20(26)18-13-27(10-11-29-18)19-9-6-16(12-22-19)21(28)24-17-7-4-15(2)5-8-17/h4-9,12,14,18H,3,10-11,13H2,1-2H3,(H,24,28). The predicted octanol–water partition coefficient (Wildman–Crippen LogP) is 2.83. The fourth-order valence-corrected chi connectivity index (χ4v) is 3.32. The lowest BCUT2D eigenvalue weighted by atomic mass is 10.2. The maximum Gasteiger partial charge on any atom is 0.257 e. The quantitative estimate of drug-likeness (QED) is 0.719. The zero-order valence-corrected chi connectivity index (χ0v) is 16.6. The summed E-state index contributed by atoms with van der Waals surface area (Å²) >= 11 is 0. The molecule has 29 heavy (non-hydrogen) atoms. The van der Waals surface area contributed by atoms with Crippen LogP contribution in [0, 0.1) is 6.92 Å². The molecule has 3 heterocycles. The Labute approximate surface area is 169 Å². The maximum atomic E-state index is 12.5. The van der Waals surface area contributed by atoms with E-state index >= 15 is 0 Å². The van der Waals surface area contributed by atoms with Crippen LogP contribution in [0.5, 0.6) is 0 Å². The van der Waals surface area contributed by atoms with E-state index in [1.165, 1.54) is 0 Å². The molecule has 1 unspecified atom stereocenters. The van der Waals surface area contributed by atoms with E-state index in [4.69, 9.17) is 4.74 Å². The van der Waals surface area contributed by atoms with E-state index in [-0.39, 0.29) is 12.0 Å². The Morgan fingerprint density at radius 1 is 1.24 bits per heavy atom. The smallest absolute Gasteiger partial charge is 0.257 e. The molecule has 0 saturated carbocycles. The Balaban J connectivity index is 1.43. The van der Waals surface area contributed by atoms with E-state index in [1.807, 2.05) is 41.8 Å². The number of rotatable bonds is 5. The lowest BCUT2D eigenvalue weighted by molar-refractivity contribution is 0.0313. The number of hydrogen-bond acceptors (Lipinski definition) is 6. The van der Waals surface area contributed by atoms with Crippen LogP contribution in [0.25, 0.3) is 0 Å². The van der Waals surface area contributed by atoms with Crippen LogP contribution in [0.3, 0.4) is 0 Å². The van der Waals surface area contributed by atoms with Crippen molar-refractivity contribution in [2.45, 2.75) is 26.5 Å². The normalized spacial score (nSPS) is 16.6. The number of nitrogens with one attached hydrogen (secondary N) is 1. The van der Waals surface area contributed by atoms with Gasteiger partial charge in [-0.1, -0.05) is 17.7 Å². The first-order valence-electron chi connectivity index (χ1n) is 9.72. The Bertz CT molecular complexity index is 968. The van der Waals surface area contributed by atoms with Crippen molar-refractivity contribution < 1.29 is 9.53 Å². The number of nitrogens with zero attached hydrogens (tertiary/aromatic N) is 5. The molecule has 150 valence electrons. The Hall–Kier alpha value is -3.26. The number of aryl methyl sites for hydroxylation is 2. The molecule has 1 atom stereocenters. The number of morpholine rings is 1. The molecule has 8 nitrogen and oxygen atoms in total. The highest BCUT2D eigenvalue weighted by molar-refractivity contribution is 6.04. The molecule has 1 amide bonds. The number of carbonyl (C=O) groups is 1. The number of anilines is 2. The molecule has 2 aromatic heterocycles. The molecule has 4 rings (SSSR count). The van der Waals surface area contributed by atoms with Gasteiger partial charge in [0.25, 0.3) is 5.91 Å². The molecule has 1 aliphatic rings. The van der Waals surface area contributed by atoms with E-state index < -0.39 is 0 Å². The molecule has 1 fully saturated rings. The van der Waals surface area contributed by atoms with Crippen LogP contribution >= 0.6 is 0 Å². The van der Waals surface area contributed by atoms with Crippen molar-refractivity contribution in [2.24, 2.45) is 0 Å². The molecule has 1 N–H and O–H groups in total. The van der Waals surface area contributed by atoms with Crippen molar-refractivity contribution in [1.82, 2.24) is 19.7 Å². The molecule has 0 aliphatic carbocycles. The lowest BCUT2D eigenvalue weighted by Gasteiger charge is -2.33. The molecule has 0 bridgehead atoms. The molecule has 1 saturated heterocycles. The van der Waals surface area contributed by atoms with Gasteiger partial charge in [-0.2, -0.15) is 0 Å². The summed E-state index contributed by atoms with van der Waals surface area (Å²) in [7, 11) is 0. The lowest BCUT2D eigenvalue weighted by Crippen LogP contribution is -2.39. The van der Waals surface area contributed by atoms with Crippen LogP contribution in [0.4, 0.5) is 11.5 Å². The zero-order valence-electron chi connectivity index (χ0n) is 16.6. The second kappa shape index (κ2) is 8.40. The second-order valence-corrected chi connectivity index (χ2v) is 7.01. The SMILES string of the molecule is CCn1cnnc1C1CN(c2ccc(C(=O)Nc3ccc(C)cc3)cn2)CCO1. The van der Waals surface area contributed by atoms with Gasteiger partial charge in [0, 0.05) is 25.0 Å². The molecule has 1 aliphatic heterocycles. The Morgan fingerprint density at radius 3 is 2.79 bits per heavy atom. The third-order valence-electron chi connectivity index (χ3n) is 4.98. The fourth-order valence-electron chi connectivity index (χ4n) is 3.32. The number of amides is 1. The van der Waals surface area contributed by atoms with Gasteiger partial charge < -0.3 is 19.5 Å². The Kier molecular flexibility index (Phi) is 5.53. The summed E-state index contributed by atoms with van der Waals surface area (Å²) in [5, 5.41) is 11.1. The van der Waals surface area contributed by atoms with Crippen LogP contribution in [-0.4, -0.2) is 45.4 Å². The van der Waals surface area contributed by atoms with Crippen LogP contribution in [0.2, 0.25) is 0 Å². The molecule has 8 heteroatoms. The van der Waals surface area contributed by atoms with Crippen molar-refractivity contribution in [2.75, 3.05) is 29.9 Å². The number of hydrogen-bond donors (Lipinski definition) is 1. The summed E-state index contributed by atoms with van der Waals surface area (Å²) in [5.74, 6) is 1.46. The van der Waals surface area contributed by atoms with Crippen molar-refractivity contribution >= 4 is 17.4 Å². The summed E-state index contributed by atoms with van der Waals surface area (Å²) in [6.45, 7) is 6.81. The molecule has 0 radical (unpaired) electrons. The van der Waals surface area contributed by atoms with Gasteiger partial charge >= 0.3 is 0 Å². The third kappa shape index (κ3) is 4.27. The highest BCUT2D eigenvalue weighted by Crippen LogP contribution is 2.24. The van der Waals surface area contributed by atoms with Gasteiger partial charge in [-0.15, -0.1) is 10.2 Å². The highest BCUT2D eigenvalue weighted by atomic mass is 16.5. The Morgan fingerprint density at radius 2 is 2.07 bits per heavy atom. The van der Waals surface area contributed by atoms with E-state index in [0.29, 0.717) is 18.7 Å². The van der Waals surface area contributed by atoms with Crippen molar-refractivity contribution in [3.05, 3.63) is 65.9 Å². The summed E-state index contributed by atoms with van der Waals surface area (Å²) in [5.41, 5.74) is 2.43. The first kappa shape index (κ1) is 19.1. The summed E-state index contributed by atoms with van der Waals surface area (Å²) in [4.78, 5) is 19.1. The summed E-state index contributed by atoms with van der Waals surface area (Å²) < 4.78 is 7.88. The van der Waals surface area contributed by atoms with Gasteiger partial charge in [0.15, 0.2) is 5.82 Å².